The zero-order chi connectivity index (χ0) is 22.3. The summed E-state index contributed by atoms with van der Waals surface area (Å²) in [5.41, 5.74) is 1.18. The summed E-state index contributed by atoms with van der Waals surface area (Å²) in [6.07, 6.45) is 4.47. The molecule has 0 atom stereocenters. The van der Waals surface area contributed by atoms with Crippen LogP contribution in [0, 0.1) is 0 Å². The first-order valence-corrected chi connectivity index (χ1v) is 10.5. The molecule has 2 aromatic rings. The molecular formula is C25H30N2O4. The summed E-state index contributed by atoms with van der Waals surface area (Å²) < 4.78 is 10.7. The lowest BCUT2D eigenvalue weighted by Gasteiger charge is -2.41. The molecule has 1 N–H and O–H groups in total. The number of benzene rings is 2. The monoisotopic (exact) mass is 422 g/mol. The topological polar surface area (TPSA) is 67.9 Å². The van der Waals surface area contributed by atoms with Crippen molar-refractivity contribution in [1.29, 1.82) is 0 Å². The Hall–Kier alpha value is -3.28. The molecule has 31 heavy (non-hydrogen) atoms. The first-order valence-electron chi connectivity index (χ1n) is 10.5. The summed E-state index contributed by atoms with van der Waals surface area (Å²) in [5, 5.41) is 3.11. The highest BCUT2D eigenvalue weighted by Gasteiger charge is 2.43. The van der Waals surface area contributed by atoms with Gasteiger partial charge in [0.2, 0.25) is 11.8 Å². The average Bonchev–Trinajstić information content (AvgIpc) is 2.83. The average molecular weight is 423 g/mol. The van der Waals surface area contributed by atoms with E-state index in [9.17, 15) is 9.59 Å². The van der Waals surface area contributed by atoms with Crippen LogP contribution in [0.15, 0.2) is 60.7 Å². The maximum atomic E-state index is 13.5. The molecule has 1 aliphatic rings. The summed E-state index contributed by atoms with van der Waals surface area (Å²) in [4.78, 5) is 27.6. The molecule has 0 spiro atoms. The predicted octanol–water partition coefficient (Wildman–Crippen LogP) is 3.46. The summed E-state index contributed by atoms with van der Waals surface area (Å²) in [6, 6.07) is 15.4. The Labute approximate surface area is 183 Å². The van der Waals surface area contributed by atoms with Crippen molar-refractivity contribution in [1.82, 2.24) is 10.2 Å². The molecule has 1 heterocycles. The minimum absolute atomic E-state index is 0.00691. The largest absolute Gasteiger partial charge is 0.497 e. The van der Waals surface area contributed by atoms with Gasteiger partial charge in [0.15, 0.2) is 0 Å². The number of rotatable bonds is 7. The Morgan fingerprint density at radius 1 is 1.06 bits per heavy atom. The molecule has 3 rings (SSSR count). The van der Waals surface area contributed by atoms with Gasteiger partial charge in [-0.15, -0.1) is 0 Å². The smallest absolute Gasteiger partial charge is 0.246 e. The van der Waals surface area contributed by atoms with E-state index in [2.05, 4.69) is 5.32 Å². The fraction of sp³-hybridized carbons (Fsp3) is 0.360. The number of methoxy groups -OCH3 is 2. The molecule has 1 fully saturated rings. The third-order valence-electron chi connectivity index (χ3n) is 5.93. The fourth-order valence-electron chi connectivity index (χ4n) is 4.10. The van der Waals surface area contributed by atoms with E-state index >= 15 is 0 Å². The first-order chi connectivity index (χ1) is 15.0. The molecule has 0 bridgehead atoms. The van der Waals surface area contributed by atoms with E-state index in [4.69, 9.17) is 9.47 Å². The van der Waals surface area contributed by atoms with Crippen LogP contribution in [0.3, 0.4) is 0 Å². The Morgan fingerprint density at radius 3 is 2.39 bits per heavy atom. The van der Waals surface area contributed by atoms with Crippen molar-refractivity contribution in [2.75, 3.05) is 27.3 Å². The van der Waals surface area contributed by atoms with E-state index in [0.717, 1.165) is 11.1 Å². The van der Waals surface area contributed by atoms with Gasteiger partial charge >= 0.3 is 0 Å². The molecule has 1 aliphatic heterocycles. The van der Waals surface area contributed by atoms with Crippen LogP contribution >= 0.6 is 0 Å². The molecule has 2 aromatic carbocycles. The number of allylic oxidation sites excluding steroid dienone is 1. The first kappa shape index (κ1) is 22.4. The Morgan fingerprint density at radius 2 is 1.77 bits per heavy atom. The number of nitrogens with zero attached hydrogens (tertiary/aromatic N) is 1. The lowest BCUT2D eigenvalue weighted by Crippen LogP contribution is -2.52. The number of hydrogen-bond acceptors (Lipinski definition) is 4. The Kier molecular flexibility index (Phi) is 7.34. The van der Waals surface area contributed by atoms with Gasteiger partial charge in [0.05, 0.1) is 19.6 Å². The van der Waals surface area contributed by atoms with Crippen LogP contribution in [-0.4, -0.2) is 44.0 Å². The number of hydrogen-bond donors (Lipinski definition) is 1. The van der Waals surface area contributed by atoms with Crippen molar-refractivity contribution in [3.8, 4) is 11.5 Å². The molecule has 0 aromatic heterocycles. The van der Waals surface area contributed by atoms with E-state index in [1.165, 1.54) is 0 Å². The van der Waals surface area contributed by atoms with Gasteiger partial charge in [-0.25, -0.2) is 0 Å². The van der Waals surface area contributed by atoms with Gasteiger partial charge in [-0.3, -0.25) is 9.59 Å². The molecule has 0 radical (unpaired) electrons. The van der Waals surface area contributed by atoms with Crippen molar-refractivity contribution in [2.45, 2.75) is 31.7 Å². The van der Waals surface area contributed by atoms with E-state index in [1.54, 1.807) is 37.3 Å². The van der Waals surface area contributed by atoms with Crippen LogP contribution in [-0.2, 0) is 21.5 Å². The van der Waals surface area contributed by atoms with Crippen molar-refractivity contribution in [2.24, 2.45) is 0 Å². The zero-order valence-corrected chi connectivity index (χ0v) is 18.4. The van der Waals surface area contributed by atoms with Crippen molar-refractivity contribution >= 4 is 11.8 Å². The standard InChI is InChI=1S/C25H30N2O4/c1-4-8-23(28)27-15-13-25(14-16-27,20-9-6-5-7-10-20)24(29)26-18-19-11-12-21(30-2)17-22(19)31-3/h4-12,17H,13-16,18H2,1-3H3,(H,26,29). The van der Waals surface area contributed by atoms with E-state index in [-0.39, 0.29) is 11.8 Å². The summed E-state index contributed by atoms with van der Waals surface area (Å²) >= 11 is 0. The quantitative estimate of drug-likeness (QED) is 0.694. The van der Waals surface area contributed by atoms with Gasteiger partial charge < -0.3 is 19.7 Å². The molecule has 0 unspecified atom stereocenters. The zero-order valence-electron chi connectivity index (χ0n) is 18.4. The second-order valence-electron chi connectivity index (χ2n) is 7.63. The molecule has 2 amide bonds. The fourth-order valence-corrected chi connectivity index (χ4v) is 4.10. The number of amides is 2. The number of ether oxygens (including phenoxy) is 2. The molecule has 0 aliphatic carbocycles. The van der Waals surface area contributed by atoms with E-state index in [0.29, 0.717) is 44.0 Å². The molecular weight excluding hydrogens is 392 g/mol. The third kappa shape index (κ3) is 4.90. The number of carbonyl (C=O) groups excluding carboxylic acids is 2. The highest BCUT2D eigenvalue weighted by molar-refractivity contribution is 5.90. The van der Waals surface area contributed by atoms with Crippen LogP contribution in [0.25, 0.3) is 0 Å². The van der Waals surface area contributed by atoms with Gasteiger partial charge in [0, 0.05) is 31.3 Å². The van der Waals surface area contributed by atoms with Crippen LogP contribution in [0.5, 0.6) is 11.5 Å². The summed E-state index contributed by atoms with van der Waals surface area (Å²) in [7, 11) is 3.20. The van der Waals surface area contributed by atoms with Crippen molar-refractivity contribution < 1.29 is 19.1 Å². The minimum Gasteiger partial charge on any atom is -0.497 e. The molecule has 1 saturated heterocycles. The predicted molar refractivity (Wildman–Crippen MR) is 120 cm³/mol. The van der Waals surface area contributed by atoms with Crippen molar-refractivity contribution in [3.05, 3.63) is 71.8 Å². The maximum absolute atomic E-state index is 13.5. The van der Waals surface area contributed by atoms with Gasteiger partial charge in [-0.1, -0.05) is 36.4 Å². The lowest BCUT2D eigenvalue weighted by atomic mass is 9.72. The van der Waals surface area contributed by atoms with E-state index in [1.807, 2.05) is 49.4 Å². The highest BCUT2D eigenvalue weighted by atomic mass is 16.5. The number of piperidine rings is 1. The maximum Gasteiger partial charge on any atom is 0.246 e. The molecule has 6 heteroatoms. The van der Waals surface area contributed by atoms with E-state index < -0.39 is 5.41 Å². The third-order valence-corrected chi connectivity index (χ3v) is 5.93. The summed E-state index contributed by atoms with van der Waals surface area (Å²) in [6.45, 7) is 3.26. The second-order valence-corrected chi connectivity index (χ2v) is 7.63. The lowest BCUT2D eigenvalue weighted by molar-refractivity contribution is -0.134. The number of likely N-dealkylation sites (tertiary alicyclic amines) is 1. The Bertz CT molecular complexity index is 932. The van der Waals surface area contributed by atoms with Gasteiger partial charge in [-0.2, -0.15) is 0 Å². The SMILES string of the molecule is CC=CC(=O)N1CCC(C(=O)NCc2ccc(OC)cc2OC)(c2ccccc2)CC1. The molecule has 6 nitrogen and oxygen atoms in total. The number of nitrogens with one attached hydrogen (secondary N) is 1. The van der Waals surface area contributed by atoms with Gasteiger partial charge in [0.1, 0.15) is 11.5 Å². The summed E-state index contributed by atoms with van der Waals surface area (Å²) in [5.74, 6) is 1.33. The normalized spacial score (nSPS) is 15.5. The Balaban J connectivity index is 1.80. The van der Waals surface area contributed by atoms with Gasteiger partial charge in [0.25, 0.3) is 0 Å². The van der Waals surface area contributed by atoms with Crippen LogP contribution in [0.4, 0.5) is 0 Å². The highest BCUT2D eigenvalue weighted by Crippen LogP contribution is 2.36. The van der Waals surface area contributed by atoms with Gasteiger partial charge in [-0.05, 0) is 43.5 Å². The molecule has 0 saturated carbocycles. The second kappa shape index (κ2) is 10.2. The number of carbonyl (C=O) groups is 2. The van der Waals surface area contributed by atoms with Crippen LogP contribution in [0.1, 0.15) is 30.9 Å². The van der Waals surface area contributed by atoms with Crippen LogP contribution in [0.2, 0.25) is 0 Å². The van der Waals surface area contributed by atoms with Crippen molar-refractivity contribution in [3.63, 3.8) is 0 Å². The van der Waals surface area contributed by atoms with Crippen LogP contribution < -0.4 is 14.8 Å². The molecule has 164 valence electrons. The minimum atomic E-state index is -0.673.